The third-order valence-electron chi connectivity index (χ3n) is 2.85. The van der Waals surface area contributed by atoms with Crippen molar-refractivity contribution < 1.29 is 8.42 Å². The van der Waals surface area contributed by atoms with Gasteiger partial charge in [0.05, 0.1) is 4.34 Å². The summed E-state index contributed by atoms with van der Waals surface area (Å²) in [6.45, 7) is 0.553. The average molecular weight is 280 g/mol. The third-order valence-corrected chi connectivity index (χ3v) is 6.00. The monoisotopic (exact) mass is 279 g/mol. The van der Waals surface area contributed by atoms with Crippen LogP contribution in [0.2, 0.25) is 4.34 Å². The number of hydrogen-bond donors (Lipinski definition) is 1. The molecule has 1 aliphatic carbocycles. The van der Waals surface area contributed by atoms with Crippen LogP contribution in [0.5, 0.6) is 0 Å². The first kappa shape index (κ1) is 12.4. The minimum atomic E-state index is -3.34. The van der Waals surface area contributed by atoms with E-state index >= 15 is 0 Å². The van der Waals surface area contributed by atoms with Crippen molar-refractivity contribution in [3.63, 3.8) is 0 Å². The Kier molecular flexibility index (Phi) is 3.89. The second kappa shape index (κ2) is 5.04. The topological polar surface area (TPSA) is 46.2 Å². The maximum atomic E-state index is 11.8. The van der Waals surface area contributed by atoms with E-state index in [0.717, 1.165) is 24.2 Å². The molecule has 1 heterocycles. The highest BCUT2D eigenvalue weighted by Gasteiger charge is 2.20. The normalized spacial score (nSPS) is 18.1. The Morgan fingerprint density at radius 3 is 2.62 bits per heavy atom. The summed E-state index contributed by atoms with van der Waals surface area (Å²) in [5, 5.41) is 0. The minimum Gasteiger partial charge on any atom is -0.210 e. The molecule has 3 nitrogen and oxygen atoms in total. The lowest BCUT2D eigenvalue weighted by molar-refractivity contribution is 0.520. The molecular formula is C10H14ClNO2S2. The van der Waals surface area contributed by atoms with Crippen molar-refractivity contribution in [2.45, 2.75) is 29.9 Å². The second-order valence-electron chi connectivity index (χ2n) is 4.06. The number of rotatable bonds is 4. The highest BCUT2D eigenvalue weighted by Crippen LogP contribution is 2.27. The molecule has 2 rings (SSSR count). The predicted molar refractivity (Wildman–Crippen MR) is 66.5 cm³/mol. The van der Waals surface area contributed by atoms with E-state index in [-0.39, 0.29) is 0 Å². The van der Waals surface area contributed by atoms with Gasteiger partial charge in [-0.15, -0.1) is 11.3 Å². The van der Waals surface area contributed by atoms with Crippen LogP contribution in [0.25, 0.3) is 0 Å². The number of hydrogen-bond acceptors (Lipinski definition) is 3. The van der Waals surface area contributed by atoms with E-state index in [1.165, 1.54) is 12.8 Å². The van der Waals surface area contributed by atoms with E-state index in [4.69, 9.17) is 11.6 Å². The molecule has 0 spiro atoms. The molecule has 1 N–H and O–H groups in total. The quantitative estimate of drug-likeness (QED) is 0.921. The van der Waals surface area contributed by atoms with E-state index in [1.54, 1.807) is 12.1 Å². The fourth-order valence-electron chi connectivity index (χ4n) is 1.96. The zero-order valence-corrected chi connectivity index (χ0v) is 11.2. The predicted octanol–water partition coefficient (Wildman–Crippen LogP) is 2.87. The Morgan fingerprint density at radius 2 is 2.06 bits per heavy atom. The Hall–Kier alpha value is -0.100. The van der Waals surface area contributed by atoms with Crippen LogP contribution in [0, 0.1) is 5.92 Å². The van der Waals surface area contributed by atoms with E-state index in [9.17, 15) is 8.42 Å². The largest absolute Gasteiger partial charge is 0.250 e. The second-order valence-corrected chi connectivity index (χ2v) is 7.77. The van der Waals surface area contributed by atoms with Crippen LogP contribution in [0.15, 0.2) is 16.3 Å². The first-order valence-corrected chi connectivity index (χ1v) is 8.01. The molecule has 0 bridgehead atoms. The Bertz CT molecular complexity index is 449. The van der Waals surface area contributed by atoms with Gasteiger partial charge in [-0.25, -0.2) is 13.1 Å². The maximum Gasteiger partial charge on any atom is 0.250 e. The number of halogens is 1. The van der Waals surface area contributed by atoms with Crippen molar-refractivity contribution in [2.24, 2.45) is 5.92 Å². The lowest BCUT2D eigenvalue weighted by Crippen LogP contribution is -2.27. The van der Waals surface area contributed by atoms with E-state index in [1.807, 2.05) is 0 Å². The third kappa shape index (κ3) is 2.97. The fourth-order valence-corrected chi connectivity index (χ4v) is 4.60. The first-order valence-electron chi connectivity index (χ1n) is 5.33. The first-order chi connectivity index (χ1) is 7.58. The molecule has 6 heteroatoms. The molecule has 1 fully saturated rings. The van der Waals surface area contributed by atoms with Gasteiger partial charge in [0.1, 0.15) is 4.21 Å². The van der Waals surface area contributed by atoms with Crippen molar-refractivity contribution in [1.82, 2.24) is 4.72 Å². The van der Waals surface area contributed by atoms with Crippen LogP contribution in [0.1, 0.15) is 25.7 Å². The van der Waals surface area contributed by atoms with Gasteiger partial charge in [0.25, 0.3) is 0 Å². The lowest BCUT2D eigenvalue weighted by atomic mass is 10.1. The van der Waals surface area contributed by atoms with Crippen LogP contribution < -0.4 is 4.72 Å². The summed E-state index contributed by atoms with van der Waals surface area (Å²) in [5.74, 6) is 0.505. The van der Waals surface area contributed by atoms with Crippen LogP contribution in [-0.4, -0.2) is 15.0 Å². The van der Waals surface area contributed by atoms with Crippen LogP contribution in [0.3, 0.4) is 0 Å². The van der Waals surface area contributed by atoms with Gasteiger partial charge in [-0.05, 0) is 30.9 Å². The summed E-state index contributed by atoms with van der Waals surface area (Å²) in [6.07, 6.45) is 4.70. The van der Waals surface area contributed by atoms with Gasteiger partial charge in [0.15, 0.2) is 0 Å². The zero-order chi connectivity index (χ0) is 11.6. The molecule has 16 heavy (non-hydrogen) atoms. The molecule has 0 aromatic carbocycles. The molecule has 0 aliphatic heterocycles. The maximum absolute atomic E-state index is 11.8. The molecule has 0 atom stereocenters. The summed E-state index contributed by atoms with van der Waals surface area (Å²) in [6, 6.07) is 3.15. The molecule has 1 saturated carbocycles. The summed E-state index contributed by atoms with van der Waals surface area (Å²) < 4.78 is 27.1. The molecule has 90 valence electrons. The molecule has 1 aromatic heterocycles. The van der Waals surface area contributed by atoms with Crippen molar-refractivity contribution in [3.8, 4) is 0 Å². The van der Waals surface area contributed by atoms with Gasteiger partial charge in [-0.3, -0.25) is 0 Å². The summed E-state index contributed by atoms with van der Waals surface area (Å²) in [5.41, 5.74) is 0. The summed E-state index contributed by atoms with van der Waals surface area (Å²) >= 11 is 6.81. The van der Waals surface area contributed by atoms with Gasteiger partial charge < -0.3 is 0 Å². The van der Waals surface area contributed by atoms with Crippen LogP contribution >= 0.6 is 22.9 Å². The lowest BCUT2D eigenvalue weighted by Gasteiger charge is -2.09. The van der Waals surface area contributed by atoms with Crippen LogP contribution in [0.4, 0.5) is 0 Å². The number of sulfonamides is 1. The Morgan fingerprint density at radius 1 is 1.38 bits per heavy atom. The average Bonchev–Trinajstić information content (AvgIpc) is 2.85. The van der Waals surface area contributed by atoms with E-state index in [2.05, 4.69) is 4.72 Å². The van der Waals surface area contributed by atoms with Gasteiger partial charge >= 0.3 is 0 Å². The smallest absolute Gasteiger partial charge is 0.210 e. The van der Waals surface area contributed by atoms with E-state index in [0.29, 0.717) is 21.0 Å². The SMILES string of the molecule is O=S(=O)(NCC1CCCC1)c1ccc(Cl)s1. The molecule has 0 saturated heterocycles. The van der Waals surface area contributed by atoms with Gasteiger partial charge in [-0.1, -0.05) is 24.4 Å². The number of thiophene rings is 1. The van der Waals surface area contributed by atoms with E-state index < -0.39 is 10.0 Å². The van der Waals surface area contributed by atoms with Gasteiger partial charge in [0, 0.05) is 6.54 Å². The van der Waals surface area contributed by atoms with Crippen molar-refractivity contribution in [2.75, 3.05) is 6.54 Å². The molecule has 0 radical (unpaired) electrons. The van der Waals surface area contributed by atoms with Crippen molar-refractivity contribution in [1.29, 1.82) is 0 Å². The zero-order valence-electron chi connectivity index (χ0n) is 8.78. The molecule has 1 aromatic rings. The molecular weight excluding hydrogens is 266 g/mol. The molecule has 1 aliphatic rings. The van der Waals surface area contributed by atoms with Crippen LogP contribution in [-0.2, 0) is 10.0 Å². The highest BCUT2D eigenvalue weighted by atomic mass is 35.5. The van der Waals surface area contributed by atoms with Gasteiger partial charge in [-0.2, -0.15) is 0 Å². The molecule has 0 unspecified atom stereocenters. The Labute approximate surface area is 105 Å². The summed E-state index contributed by atoms with van der Waals surface area (Å²) in [4.78, 5) is 0. The standard InChI is InChI=1S/C10H14ClNO2S2/c11-9-5-6-10(15-9)16(13,14)12-7-8-3-1-2-4-8/h5-6,8,12H,1-4,7H2. The van der Waals surface area contributed by atoms with Crippen molar-refractivity contribution in [3.05, 3.63) is 16.5 Å². The fraction of sp³-hybridized carbons (Fsp3) is 0.600. The Balaban J connectivity index is 1.97. The molecule has 0 amide bonds. The summed E-state index contributed by atoms with van der Waals surface area (Å²) in [7, 11) is -3.34. The van der Waals surface area contributed by atoms with Crippen molar-refractivity contribution >= 4 is 33.0 Å². The minimum absolute atomic E-state index is 0.301. The van der Waals surface area contributed by atoms with Gasteiger partial charge in [0.2, 0.25) is 10.0 Å². The highest BCUT2D eigenvalue weighted by molar-refractivity contribution is 7.91. The number of nitrogens with one attached hydrogen (secondary N) is 1.